The second-order valence-electron chi connectivity index (χ2n) is 4.26. The normalized spacial score (nSPS) is 10.5. The Kier molecular flexibility index (Phi) is 5.17. The lowest BCUT2D eigenvalue weighted by Crippen LogP contribution is -2.63. The van der Waals surface area contributed by atoms with Gasteiger partial charge in [-0.3, -0.25) is 0 Å². The third kappa shape index (κ3) is 4.81. The fourth-order valence-corrected chi connectivity index (χ4v) is 1.84. The Hall–Kier alpha value is -2.53. The van der Waals surface area contributed by atoms with E-state index >= 15 is 0 Å². The van der Waals surface area contributed by atoms with Crippen LogP contribution in [0.25, 0.3) is 0 Å². The highest BCUT2D eigenvalue weighted by Gasteiger charge is 2.01. The van der Waals surface area contributed by atoms with Crippen LogP contribution < -0.4 is 21.3 Å². The average Bonchev–Trinajstić information content (AvgIpc) is 2.46. The zero-order valence-corrected chi connectivity index (χ0v) is 12.0. The van der Waals surface area contributed by atoms with Crippen molar-refractivity contribution in [2.24, 2.45) is 16.6 Å². The van der Waals surface area contributed by atoms with Gasteiger partial charge in [0.1, 0.15) is 12.4 Å². The third-order valence-electron chi connectivity index (χ3n) is 2.64. The van der Waals surface area contributed by atoms with Crippen molar-refractivity contribution in [3.05, 3.63) is 64.7 Å². The van der Waals surface area contributed by atoms with Crippen molar-refractivity contribution < 1.29 is 9.84 Å². The molecule has 5 N–H and O–H groups in total. The Labute approximate surface area is 127 Å². The molecule has 0 radical (unpaired) electrons. The zero-order chi connectivity index (χ0) is 15.1. The number of nitrogens with zero attached hydrogens (tertiary/aromatic N) is 1. The van der Waals surface area contributed by atoms with Gasteiger partial charge in [0, 0.05) is 21.3 Å². The smallest absolute Gasteiger partial charge is 0.256 e. The molecule has 6 heteroatoms. The van der Waals surface area contributed by atoms with Crippen LogP contribution in [0.15, 0.2) is 53.6 Å². The molecule has 0 aliphatic rings. The van der Waals surface area contributed by atoms with Crippen LogP contribution in [0.4, 0.5) is 0 Å². The van der Waals surface area contributed by atoms with Gasteiger partial charge >= 0.3 is 0 Å². The maximum absolute atomic E-state index is 6.09. The number of hydrogen-bond donors (Lipinski definition) is 3. The summed E-state index contributed by atoms with van der Waals surface area (Å²) in [5.41, 5.74) is 12.3. The van der Waals surface area contributed by atoms with Gasteiger partial charge in [-0.15, -0.1) is 5.10 Å². The molecule has 0 atom stereocenters. The molecule has 2 aromatic rings. The van der Waals surface area contributed by atoms with Crippen molar-refractivity contribution in [3.8, 4) is 5.75 Å². The van der Waals surface area contributed by atoms with Crippen LogP contribution in [0.2, 0.25) is 5.02 Å². The largest absolute Gasteiger partial charge is 0.489 e. The first-order valence-corrected chi connectivity index (χ1v) is 6.66. The summed E-state index contributed by atoms with van der Waals surface area (Å²) in [5, 5.41) is 7.00. The zero-order valence-electron chi connectivity index (χ0n) is 11.3. The summed E-state index contributed by atoms with van der Waals surface area (Å²) in [6, 6.07) is 15.1. The Morgan fingerprint density at radius 2 is 2.00 bits per heavy atom. The van der Waals surface area contributed by atoms with Crippen LogP contribution in [0, 0.1) is 0 Å². The van der Waals surface area contributed by atoms with Crippen LogP contribution in [-0.4, -0.2) is 12.2 Å². The minimum absolute atomic E-state index is 0.0302. The van der Waals surface area contributed by atoms with E-state index in [1.165, 1.54) is 0 Å². The monoisotopic (exact) mass is 303 g/mol. The number of hydrazone groups is 1. The molecule has 2 aromatic carbocycles. The number of benzene rings is 2. The molecule has 0 saturated carbocycles. The molecule has 0 fully saturated rings. The highest BCUT2D eigenvalue weighted by Crippen LogP contribution is 2.18. The maximum atomic E-state index is 6.09. The highest BCUT2D eigenvalue weighted by molar-refractivity contribution is 6.31. The average molecular weight is 304 g/mol. The van der Waals surface area contributed by atoms with Gasteiger partial charge in [-0.1, -0.05) is 35.9 Å². The molecule has 0 aliphatic carbocycles. The van der Waals surface area contributed by atoms with Gasteiger partial charge in [0.25, 0.3) is 5.96 Å². The van der Waals surface area contributed by atoms with E-state index < -0.39 is 0 Å². The van der Waals surface area contributed by atoms with Gasteiger partial charge in [0.05, 0.1) is 0 Å². The summed E-state index contributed by atoms with van der Waals surface area (Å²) < 4.78 is 5.72. The number of guanidine groups is 1. The van der Waals surface area contributed by atoms with Crippen LogP contribution in [0.3, 0.4) is 0 Å². The predicted molar refractivity (Wildman–Crippen MR) is 84.2 cm³/mol. The van der Waals surface area contributed by atoms with Gasteiger partial charge < -0.3 is 16.2 Å². The van der Waals surface area contributed by atoms with Gasteiger partial charge in [-0.25, -0.2) is 0 Å². The second kappa shape index (κ2) is 7.31. The molecule has 5 nitrogen and oxygen atoms in total. The molecular weight excluding hydrogens is 288 g/mol. The highest BCUT2D eigenvalue weighted by atomic mass is 35.5. The van der Waals surface area contributed by atoms with Crippen LogP contribution in [0.1, 0.15) is 11.1 Å². The molecule has 0 spiro atoms. The molecule has 0 unspecified atom stereocenters. The molecule has 0 aliphatic heterocycles. The van der Waals surface area contributed by atoms with E-state index in [-0.39, 0.29) is 5.96 Å². The maximum Gasteiger partial charge on any atom is 0.256 e. The van der Waals surface area contributed by atoms with Crippen molar-refractivity contribution in [3.63, 3.8) is 0 Å². The van der Waals surface area contributed by atoms with Gasteiger partial charge in [0.2, 0.25) is 6.21 Å². The van der Waals surface area contributed by atoms with E-state index in [1.807, 2.05) is 48.5 Å². The fourth-order valence-electron chi connectivity index (χ4n) is 1.65. The van der Waals surface area contributed by atoms with E-state index in [9.17, 15) is 0 Å². The molecule has 2 rings (SSSR count). The van der Waals surface area contributed by atoms with Crippen molar-refractivity contribution in [2.45, 2.75) is 6.61 Å². The second-order valence-corrected chi connectivity index (χ2v) is 4.67. The lowest BCUT2D eigenvalue weighted by atomic mass is 10.2. The first-order valence-electron chi connectivity index (χ1n) is 6.29. The summed E-state index contributed by atoms with van der Waals surface area (Å²) in [5.74, 6) is 0.701. The topological polar surface area (TPSA) is 87.6 Å². The lowest BCUT2D eigenvalue weighted by Gasteiger charge is -2.07. The summed E-state index contributed by atoms with van der Waals surface area (Å²) >= 11 is 6.09. The molecular formula is C15H16ClN4O+. The Morgan fingerprint density at radius 3 is 2.76 bits per heavy atom. The van der Waals surface area contributed by atoms with Gasteiger partial charge in [-0.2, -0.15) is 0 Å². The minimum Gasteiger partial charge on any atom is -0.489 e. The number of hydrogen-bond acceptors (Lipinski definition) is 2. The quantitative estimate of drug-likeness (QED) is 0.429. The van der Waals surface area contributed by atoms with Crippen LogP contribution in [-0.2, 0) is 6.61 Å². The Morgan fingerprint density at radius 1 is 1.19 bits per heavy atom. The van der Waals surface area contributed by atoms with Crippen LogP contribution in [0.5, 0.6) is 5.75 Å². The standard InChI is InChI=1S/C15H15ClN4O/c16-14-7-2-1-5-12(14)10-21-13-6-3-4-11(8-13)9-19-20-15(17)18/h1-9H,10H2,(H4,17,18,20)/p+1/b19-9-. The van der Waals surface area contributed by atoms with Crippen LogP contribution >= 0.6 is 11.6 Å². The predicted octanol–water partition coefficient (Wildman–Crippen LogP) is 0.607. The Bertz CT molecular complexity index is 666. The SMILES string of the molecule is NC(N)=N/[NH+]=C\c1cccc(OCc2ccccc2Cl)c1. The van der Waals surface area contributed by atoms with Crippen molar-refractivity contribution in [1.29, 1.82) is 0 Å². The van der Waals surface area contributed by atoms with E-state index in [2.05, 4.69) is 10.2 Å². The molecule has 0 aromatic heterocycles. The number of nitrogens with two attached hydrogens (primary N) is 2. The van der Waals surface area contributed by atoms with Crippen molar-refractivity contribution in [2.75, 3.05) is 0 Å². The number of ether oxygens (including phenoxy) is 1. The van der Waals surface area contributed by atoms with E-state index in [1.54, 1.807) is 6.21 Å². The summed E-state index contributed by atoms with van der Waals surface area (Å²) in [6.07, 6.45) is 1.67. The Balaban J connectivity index is 2.03. The third-order valence-corrected chi connectivity index (χ3v) is 3.00. The number of rotatable bonds is 5. The first kappa shape index (κ1) is 14.9. The molecule has 0 amide bonds. The van der Waals surface area contributed by atoms with E-state index in [0.717, 1.165) is 16.9 Å². The molecule has 21 heavy (non-hydrogen) atoms. The lowest BCUT2D eigenvalue weighted by molar-refractivity contribution is -0.456. The minimum atomic E-state index is -0.0302. The number of halogens is 1. The summed E-state index contributed by atoms with van der Waals surface area (Å²) in [6.45, 7) is 0.407. The van der Waals surface area contributed by atoms with Gasteiger partial charge in [0.15, 0.2) is 0 Å². The van der Waals surface area contributed by atoms with E-state index in [0.29, 0.717) is 11.6 Å². The molecule has 0 bridgehead atoms. The molecule has 108 valence electrons. The van der Waals surface area contributed by atoms with Crippen molar-refractivity contribution in [1.82, 2.24) is 0 Å². The fraction of sp³-hybridized carbons (Fsp3) is 0.0667. The van der Waals surface area contributed by atoms with E-state index in [4.69, 9.17) is 27.8 Å². The van der Waals surface area contributed by atoms with Crippen molar-refractivity contribution >= 4 is 23.8 Å². The number of nitrogens with one attached hydrogen (secondary N) is 1. The first-order chi connectivity index (χ1) is 10.1. The summed E-state index contributed by atoms with van der Waals surface area (Å²) in [7, 11) is 0. The molecule has 0 saturated heterocycles. The van der Waals surface area contributed by atoms with Gasteiger partial charge in [-0.05, 0) is 24.3 Å². The molecule has 0 heterocycles. The summed E-state index contributed by atoms with van der Waals surface area (Å²) in [4.78, 5) is 0.